The zero-order valence-electron chi connectivity index (χ0n) is 10.6. The first-order valence-corrected chi connectivity index (χ1v) is 6.16. The number of nitrogens with one attached hydrogen (secondary N) is 1. The Balaban J connectivity index is 1.78. The van der Waals surface area contributed by atoms with Crippen LogP contribution in [0.3, 0.4) is 0 Å². The molecule has 1 fully saturated rings. The van der Waals surface area contributed by atoms with Gasteiger partial charge in [0, 0.05) is 30.9 Å². The Morgan fingerprint density at radius 1 is 1.37 bits per heavy atom. The molecule has 0 atom stereocenters. The monoisotopic (exact) mass is 263 g/mol. The van der Waals surface area contributed by atoms with Gasteiger partial charge in [0.1, 0.15) is 6.61 Å². The number of morpholine rings is 1. The highest BCUT2D eigenvalue weighted by Crippen LogP contribution is 2.11. The van der Waals surface area contributed by atoms with E-state index < -0.39 is 0 Å². The fourth-order valence-corrected chi connectivity index (χ4v) is 1.81. The van der Waals surface area contributed by atoms with E-state index in [0.29, 0.717) is 31.1 Å². The van der Waals surface area contributed by atoms with Crippen molar-refractivity contribution in [3.8, 4) is 0 Å². The summed E-state index contributed by atoms with van der Waals surface area (Å²) < 4.78 is 5.02. The highest BCUT2D eigenvalue weighted by atomic mass is 16.5. The molecule has 1 heterocycles. The Labute approximate surface area is 111 Å². The smallest absolute Gasteiger partial charge is 0.248 e. The zero-order valence-corrected chi connectivity index (χ0v) is 10.6. The molecule has 0 unspecified atom stereocenters. The summed E-state index contributed by atoms with van der Waals surface area (Å²) in [6.45, 7) is 1.61. The molecule has 1 aliphatic rings. The van der Waals surface area contributed by atoms with E-state index >= 15 is 0 Å². The van der Waals surface area contributed by atoms with E-state index in [2.05, 4.69) is 5.32 Å². The topological polar surface area (TPSA) is 84.7 Å². The quantitative estimate of drug-likeness (QED) is 0.773. The molecular weight excluding hydrogens is 246 g/mol. The SMILES string of the molecule is Nc1ccc(NC(=O)CCN2CCOCC2=O)cc1. The van der Waals surface area contributed by atoms with E-state index in [9.17, 15) is 9.59 Å². The van der Waals surface area contributed by atoms with Crippen LogP contribution in [0.25, 0.3) is 0 Å². The zero-order chi connectivity index (χ0) is 13.7. The van der Waals surface area contributed by atoms with Crippen molar-refractivity contribution in [1.82, 2.24) is 4.90 Å². The average molecular weight is 263 g/mol. The van der Waals surface area contributed by atoms with Gasteiger partial charge in [0.05, 0.1) is 6.61 Å². The van der Waals surface area contributed by atoms with Crippen molar-refractivity contribution in [3.05, 3.63) is 24.3 Å². The summed E-state index contributed by atoms with van der Waals surface area (Å²) in [6, 6.07) is 6.93. The largest absolute Gasteiger partial charge is 0.399 e. The molecule has 19 heavy (non-hydrogen) atoms. The molecule has 0 radical (unpaired) electrons. The highest BCUT2D eigenvalue weighted by Gasteiger charge is 2.18. The normalized spacial score (nSPS) is 15.4. The minimum atomic E-state index is -0.121. The molecule has 1 aromatic rings. The highest BCUT2D eigenvalue weighted by molar-refractivity contribution is 5.91. The van der Waals surface area contributed by atoms with E-state index in [1.54, 1.807) is 29.2 Å². The van der Waals surface area contributed by atoms with Crippen molar-refractivity contribution in [2.45, 2.75) is 6.42 Å². The number of ether oxygens (including phenoxy) is 1. The number of benzene rings is 1. The molecule has 102 valence electrons. The molecule has 2 amide bonds. The number of nitrogen functional groups attached to an aromatic ring is 1. The summed E-state index contributed by atoms with van der Waals surface area (Å²) in [5, 5.41) is 2.76. The van der Waals surface area contributed by atoms with Crippen LogP contribution in [0.1, 0.15) is 6.42 Å². The standard InChI is InChI=1S/C13H17N3O3/c14-10-1-3-11(4-2-10)15-12(17)5-6-16-7-8-19-9-13(16)18/h1-4H,5-9,14H2,(H,15,17). The Bertz CT molecular complexity index is 459. The maximum atomic E-state index is 11.7. The second kappa shape index (κ2) is 6.19. The van der Waals surface area contributed by atoms with E-state index in [0.717, 1.165) is 0 Å². The first-order valence-electron chi connectivity index (χ1n) is 6.16. The van der Waals surface area contributed by atoms with Gasteiger partial charge in [-0.2, -0.15) is 0 Å². The van der Waals surface area contributed by atoms with Crippen molar-refractivity contribution in [1.29, 1.82) is 0 Å². The van der Waals surface area contributed by atoms with Gasteiger partial charge in [-0.3, -0.25) is 9.59 Å². The van der Waals surface area contributed by atoms with Gasteiger partial charge in [-0.25, -0.2) is 0 Å². The fourth-order valence-electron chi connectivity index (χ4n) is 1.81. The van der Waals surface area contributed by atoms with Crippen LogP contribution < -0.4 is 11.1 Å². The predicted octanol–water partition coefficient (Wildman–Crippen LogP) is 0.456. The number of carbonyl (C=O) groups excluding carboxylic acids is 2. The Hall–Kier alpha value is -2.08. The minimum Gasteiger partial charge on any atom is -0.399 e. The molecule has 1 saturated heterocycles. The van der Waals surface area contributed by atoms with Gasteiger partial charge < -0.3 is 20.7 Å². The molecule has 6 nitrogen and oxygen atoms in total. The van der Waals surface area contributed by atoms with E-state index in [1.165, 1.54) is 0 Å². The third kappa shape index (κ3) is 3.96. The summed E-state index contributed by atoms with van der Waals surface area (Å²) in [5.74, 6) is -0.185. The van der Waals surface area contributed by atoms with E-state index in [1.807, 2.05) is 0 Å². The third-order valence-electron chi connectivity index (χ3n) is 2.89. The van der Waals surface area contributed by atoms with Crippen LogP contribution in [0.5, 0.6) is 0 Å². The van der Waals surface area contributed by atoms with Crippen molar-refractivity contribution in [2.75, 3.05) is 37.4 Å². The average Bonchev–Trinajstić information content (AvgIpc) is 2.40. The lowest BCUT2D eigenvalue weighted by molar-refractivity contribution is -0.142. The summed E-state index contributed by atoms with van der Waals surface area (Å²) in [6.07, 6.45) is 0.274. The molecule has 0 aromatic heterocycles. The Morgan fingerprint density at radius 2 is 2.11 bits per heavy atom. The van der Waals surface area contributed by atoms with Gasteiger partial charge in [-0.15, -0.1) is 0 Å². The third-order valence-corrected chi connectivity index (χ3v) is 2.89. The second-order valence-electron chi connectivity index (χ2n) is 4.35. The molecule has 0 bridgehead atoms. The van der Waals surface area contributed by atoms with Gasteiger partial charge in [0.15, 0.2) is 0 Å². The molecule has 0 aliphatic carbocycles. The van der Waals surface area contributed by atoms with Crippen molar-refractivity contribution in [3.63, 3.8) is 0 Å². The number of nitrogens with two attached hydrogens (primary N) is 1. The number of amides is 2. The number of rotatable bonds is 4. The van der Waals surface area contributed by atoms with Crippen LogP contribution >= 0.6 is 0 Å². The minimum absolute atomic E-state index is 0.0634. The van der Waals surface area contributed by atoms with Crippen LogP contribution in [0.2, 0.25) is 0 Å². The maximum Gasteiger partial charge on any atom is 0.248 e. The Kier molecular flexibility index (Phi) is 4.35. The number of nitrogens with zero attached hydrogens (tertiary/aromatic N) is 1. The summed E-state index contributed by atoms with van der Waals surface area (Å²) >= 11 is 0. The molecule has 1 aliphatic heterocycles. The summed E-state index contributed by atoms with van der Waals surface area (Å²) in [5.41, 5.74) is 6.91. The molecule has 6 heteroatoms. The van der Waals surface area contributed by atoms with Crippen LogP contribution in [0, 0.1) is 0 Å². The number of carbonyl (C=O) groups is 2. The molecule has 1 aromatic carbocycles. The van der Waals surface area contributed by atoms with E-state index in [-0.39, 0.29) is 24.8 Å². The molecule has 0 saturated carbocycles. The lowest BCUT2D eigenvalue weighted by Gasteiger charge is -2.26. The van der Waals surface area contributed by atoms with Gasteiger partial charge in [0.2, 0.25) is 11.8 Å². The first-order chi connectivity index (χ1) is 9.15. The molecular formula is C13H17N3O3. The van der Waals surface area contributed by atoms with E-state index in [4.69, 9.17) is 10.5 Å². The van der Waals surface area contributed by atoms with Gasteiger partial charge >= 0.3 is 0 Å². The van der Waals surface area contributed by atoms with Crippen LogP contribution in [0.15, 0.2) is 24.3 Å². The molecule has 3 N–H and O–H groups in total. The number of hydrogen-bond donors (Lipinski definition) is 2. The lowest BCUT2D eigenvalue weighted by atomic mass is 10.2. The predicted molar refractivity (Wildman–Crippen MR) is 71.5 cm³/mol. The van der Waals surface area contributed by atoms with Crippen molar-refractivity contribution in [2.24, 2.45) is 0 Å². The van der Waals surface area contributed by atoms with Crippen molar-refractivity contribution < 1.29 is 14.3 Å². The Morgan fingerprint density at radius 3 is 2.79 bits per heavy atom. The summed E-state index contributed by atoms with van der Waals surface area (Å²) in [7, 11) is 0. The van der Waals surface area contributed by atoms with Crippen LogP contribution in [-0.4, -0.2) is 43.0 Å². The number of hydrogen-bond acceptors (Lipinski definition) is 4. The molecule has 0 spiro atoms. The van der Waals surface area contributed by atoms with Gasteiger partial charge in [0.25, 0.3) is 0 Å². The first kappa shape index (κ1) is 13.4. The lowest BCUT2D eigenvalue weighted by Crippen LogP contribution is -2.42. The summed E-state index contributed by atoms with van der Waals surface area (Å²) in [4.78, 5) is 24.8. The second-order valence-corrected chi connectivity index (χ2v) is 4.35. The van der Waals surface area contributed by atoms with Crippen LogP contribution in [-0.2, 0) is 14.3 Å². The van der Waals surface area contributed by atoms with Gasteiger partial charge in [-0.05, 0) is 24.3 Å². The van der Waals surface area contributed by atoms with Crippen molar-refractivity contribution >= 4 is 23.2 Å². The van der Waals surface area contributed by atoms with Crippen LogP contribution in [0.4, 0.5) is 11.4 Å². The maximum absolute atomic E-state index is 11.7. The number of anilines is 2. The molecule has 2 rings (SSSR count). The fraction of sp³-hybridized carbons (Fsp3) is 0.385. The van der Waals surface area contributed by atoms with Gasteiger partial charge in [-0.1, -0.05) is 0 Å².